The maximum atomic E-state index is 11.2. The molecule has 0 saturated heterocycles. The molecule has 0 fully saturated rings. The Kier molecular flexibility index (Phi) is 6.89. The largest absolute Gasteiger partial charge is 0.491 e. The van der Waals surface area contributed by atoms with Crippen LogP contribution in [-0.4, -0.2) is 30.6 Å². The number of hydrazone groups is 1. The van der Waals surface area contributed by atoms with Gasteiger partial charge < -0.3 is 14.0 Å². The second-order valence-corrected chi connectivity index (χ2v) is 6.85. The number of fused-ring (bicyclic) bond motifs is 1. The fraction of sp³-hybridized carbons (Fsp3) is 0.304. The maximum Gasteiger partial charge on any atom is 0.427 e. The topological polar surface area (TPSA) is 64.8 Å². The van der Waals surface area contributed by atoms with E-state index in [0.717, 1.165) is 28.6 Å². The van der Waals surface area contributed by atoms with Crippen molar-refractivity contribution in [3.8, 4) is 5.75 Å². The van der Waals surface area contributed by atoms with E-state index in [4.69, 9.17) is 4.74 Å². The lowest BCUT2D eigenvalue weighted by Gasteiger charge is -2.16. The number of aromatic nitrogens is 1. The fourth-order valence-electron chi connectivity index (χ4n) is 3.26. The first kappa shape index (κ1) is 20.5. The molecule has 6 nitrogen and oxygen atoms in total. The highest BCUT2D eigenvalue weighted by atomic mass is 16.5. The van der Waals surface area contributed by atoms with Crippen molar-refractivity contribution in [2.24, 2.45) is 5.10 Å². The summed E-state index contributed by atoms with van der Waals surface area (Å²) >= 11 is 0. The average molecular weight is 393 g/mol. The molecule has 1 N–H and O–H groups in total. The van der Waals surface area contributed by atoms with E-state index in [2.05, 4.69) is 51.9 Å². The standard InChI is InChI=1S/C23H27N3O3/c1-4-17(2)19-9-6-8-12-22(19)29-14-13-26-16-18(15-24-25-23(27)28-3)20-10-5-7-11-21(20)26/h5-12,15-17H,4,13-14H2,1-3H3,(H,25,27)/b24-15+. The van der Waals surface area contributed by atoms with Gasteiger partial charge in [0.25, 0.3) is 0 Å². The lowest BCUT2D eigenvalue weighted by Crippen LogP contribution is -2.16. The van der Waals surface area contributed by atoms with Crippen molar-refractivity contribution in [1.82, 2.24) is 9.99 Å². The molecule has 0 aliphatic carbocycles. The summed E-state index contributed by atoms with van der Waals surface area (Å²) in [5, 5.41) is 5.01. The van der Waals surface area contributed by atoms with Crippen LogP contribution in [0.5, 0.6) is 5.75 Å². The molecule has 0 bridgehead atoms. The number of ether oxygens (including phenoxy) is 2. The minimum atomic E-state index is -0.599. The number of methoxy groups -OCH3 is 1. The van der Waals surface area contributed by atoms with Gasteiger partial charge in [0, 0.05) is 22.7 Å². The van der Waals surface area contributed by atoms with E-state index in [-0.39, 0.29) is 0 Å². The summed E-state index contributed by atoms with van der Waals surface area (Å²) in [4.78, 5) is 11.2. The molecule has 152 valence electrons. The molecule has 0 aliphatic heterocycles. The zero-order valence-electron chi connectivity index (χ0n) is 17.1. The van der Waals surface area contributed by atoms with Gasteiger partial charge >= 0.3 is 6.09 Å². The molecule has 0 saturated carbocycles. The number of amides is 1. The highest BCUT2D eigenvalue weighted by Crippen LogP contribution is 2.28. The molecule has 1 heterocycles. The van der Waals surface area contributed by atoms with Crippen LogP contribution in [0.2, 0.25) is 0 Å². The Morgan fingerprint density at radius 1 is 1.21 bits per heavy atom. The molecule has 0 aliphatic rings. The number of para-hydroxylation sites is 2. The molecule has 6 heteroatoms. The summed E-state index contributed by atoms with van der Waals surface area (Å²) in [6, 6.07) is 16.3. The van der Waals surface area contributed by atoms with Gasteiger partial charge in [-0.05, 0) is 30.0 Å². The van der Waals surface area contributed by atoms with Crippen molar-refractivity contribution in [2.75, 3.05) is 13.7 Å². The van der Waals surface area contributed by atoms with Crippen molar-refractivity contribution < 1.29 is 14.3 Å². The van der Waals surface area contributed by atoms with Gasteiger partial charge in [0.2, 0.25) is 0 Å². The highest BCUT2D eigenvalue weighted by molar-refractivity contribution is 5.99. The van der Waals surface area contributed by atoms with Crippen LogP contribution in [0.4, 0.5) is 4.79 Å². The molecular formula is C23H27N3O3. The van der Waals surface area contributed by atoms with Crippen molar-refractivity contribution in [3.63, 3.8) is 0 Å². The number of hydrogen-bond donors (Lipinski definition) is 1. The maximum absolute atomic E-state index is 11.2. The summed E-state index contributed by atoms with van der Waals surface area (Å²) in [7, 11) is 1.30. The first-order valence-electron chi connectivity index (χ1n) is 9.80. The van der Waals surface area contributed by atoms with Crippen molar-refractivity contribution >= 4 is 23.2 Å². The van der Waals surface area contributed by atoms with Crippen LogP contribution in [0, 0.1) is 0 Å². The molecule has 0 spiro atoms. The lowest BCUT2D eigenvalue weighted by atomic mass is 9.98. The monoisotopic (exact) mass is 393 g/mol. The van der Waals surface area contributed by atoms with Gasteiger partial charge in [-0.15, -0.1) is 0 Å². The number of nitrogens with one attached hydrogen (secondary N) is 1. The third kappa shape index (κ3) is 4.96. The first-order valence-corrected chi connectivity index (χ1v) is 9.80. The van der Waals surface area contributed by atoms with Crippen LogP contribution in [-0.2, 0) is 11.3 Å². The van der Waals surface area contributed by atoms with Crippen LogP contribution in [0.3, 0.4) is 0 Å². The van der Waals surface area contributed by atoms with Gasteiger partial charge in [0.15, 0.2) is 0 Å². The van der Waals surface area contributed by atoms with Crippen LogP contribution >= 0.6 is 0 Å². The van der Waals surface area contributed by atoms with E-state index in [0.29, 0.717) is 19.1 Å². The zero-order chi connectivity index (χ0) is 20.6. The number of carbonyl (C=O) groups excluding carboxylic acids is 1. The minimum Gasteiger partial charge on any atom is -0.491 e. The second kappa shape index (κ2) is 9.78. The quantitative estimate of drug-likeness (QED) is 0.436. The van der Waals surface area contributed by atoms with E-state index in [1.165, 1.54) is 12.7 Å². The lowest BCUT2D eigenvalue weighted by molar-refractivity contribution is 0.171. The zero-order valence-corrected chi connectivity index (χ0v) is 17.1. The van der Waals surface area contributed by atoms with Crippen LogP contribution < -0.4 is 10.2 Å². The first-order chi connectivity index (χ1) is 14.1. The number of carbonyl (C=O) groups is 1. The van der Waals surface area contributed by atoms with Crippen molar-refractivity contribution in [2.45, 2.75) is 32.7 Å². The fourth-order valence-corrected chi connectivity index (χ4v) is 3.26. The van der Waals surface area contributed by atoms with Gasteiger partial charge in [-0.2, -0.15) is 5.10 Å². The van der Waals surface area contributed by atoms with E-state index >= 15 is 0 Å². The van der Waals surface area contributed by atoms with E-state index in [1.54, 1.807) is 6.21 Å². The molecular weight excluding hydrogens is 366 g/mol. The summed E-state index contributed by atoms with van der Waals surface area (Å²) in [6.45, 7) is 5.66. The molecule has 2 aromatic carbocycles. The number of benzene rings is 2. The molecule has 29 heavy (non-hydrogen) atoms. The number of hydrogen-bond acceptors (Lipinski definition) is 4. The summed E-state index contributed by atoms with van der Waals surface area (Å²) in [5.41, 5.74) is 5.56. The van der Waals surface area contributed by atoms with Crippen LogP contribution in [0.1, 0.15) is 37.3 Å². The highest BCUT2D eigenvalue weighted by Gasteiger charge is 2.10. The Hall–Kier alpha value is -3.28. The molecule has 3 aromatic rings. The third-order valence-electron chi connectivity index (χ3n) is 5.02. The van der Waals surface area contributed by atoms with Crippen molar-refractivity contribution in [1.29, 1.82) is 0 Å². The molecule has 0 radical (unpaired) electrons. The number of nitrogens with zero attached hydrogens (tertiary/aromatic N) is 2. The molecule has 1 unspecified atom stereocenters. The molecule has 3 rings (SSSR count). The Labute approximate surface area is 171 Å². The average Bonchev–Trinajstić information content (AvgIpc) is 3.11. The molecule has 1 aromatic heterocycles. The Bertz CT molecular complexity index is 994. The van der Waals surface area contributed by atoms with E-state index in [9.17, 15) is 4.79 Å². The van der Waals surface area contributed by atoms with Gasteiger partial charge in [0.1, 0.15) is 12.4 Å². The summed E-state index contributed by atoms with van der Waals surface area (Å²) in [6.07, 6.45) is 4.11. The molecule has 1 atom stereocenters. The summed E-state index contributed by atoms with van der Waals surface area (Å²) in [5.74, 6) is 1.41. The minimum absolute atomic E-state index is 0.462. The van der Waals surface area contributed by atoms with Crippen molar-refractivity contribution in [3.05, 3.63) is 65.9 Å². The van der Waals surface area contributed by atoms with Gasteiger partial charge in [-0.1, -0.05) is 50.2 Å². The smallest absolute Gasteiger partial charge is 0.427 e. The predicted octanol–water partition coefficient (Wildman–Crippen LogP) is 4.92. The predicted molar refractivity (Wildman–Crippen MR) is 116 cm³/mol. The van der Waals surface area contributed by atoms with Crippen LogP contribution in [0.15, 0.2) is 59.8 Å². The SMILES string of the molecule is CCC(C)c1ccccc1OCCn1cc(/C=N/NC(=O)OC)c2ccccc21. The Balaban J connectivity index is 1.74. The normalized spacial score (nSPS) is 12.2. The van der Waals surface area contributed by atoms with Gasteiger partial charge in [0.05, 0.1) is 19.9 Å². The molecule has 1 amide bonds. The van der Waals surface area contributed by atoms with E-state index < -0.39 is 6.09 Å². The Morgan fingerprint density at radius 2 is 1.97 bits per heavy atom. The van der Waals surface area contributed by atoms with E-state index in [1.807, 2.05) is 36.5 Å². The second-order valence-electron chi connectivity index (χ2n) is 6.85. The summed E-state index contributed by atoms with van der Waals surface area (Å²) < 4.78 is 12.8. The third-order valence-corrected chi connectivity index (χ3v) is 5.02. The number of rotatable bonds is 8. The van der Waals surface area contributed by atoms with Gasteiger partial charge in [-0.3, -0.25) is 0 Å². The Morgan fingerprint density at radius 3 is 2.76 bits per heavy atom. The van der Waals surface area contributed by atoms with Gasteiger partial charge in [-0.25, -0.2) is 10.2 Å². The van der Waals surface area contributed by atoms with Crippen LogP contribution in [0.25, 0.3) is 10.9 Å².